The van der Waals surface area contributed by atoms with Crippen LogP contribution in [0.1, 0.15) is 43.0 Å². The Hall–Kier alpha value is -2.73. The summed E-state index contributed by atoms with van der Waals surface area (Å²) in [5.74, 6) is 1.44. The number of rotatable bonds is 7. The SMILES string of the molecule is Br.CC(C)Oc1ccc(-c2nc(-c3cccc4c3CC[C@@H]4NCCO)no2)cc1C#N. The first-order valence-electron chi connectivity index (χ1n) is 10.1. The lowest BCUT2D eigenvalue weighted by molar-refractivity contribution is 0.241. The highest BCUT2D eigenvalue weighted by Gasteiger charge is 2.26. The van der Waals surface area contributed by atoms with Crippen molar-refractivity contribution in [1.29, 1.82) is 5.26 Å². The molecule has 2 aromatic carbocycles. The second-order valence-electron chi connectivity index (χ2n) is 7.55. The molecule has 1 heterocycles. The van der Waals surface area contributed by atoms with Crippen molar-refractivity contribution in [3.05, 3.63) is 53.1 Å². The molecule has 0 spiro atoms. The van der Waals surface area contributed by atoms with E-state index in [-0.39, 0.29) is 35.7 Å². The van der Waals surface area contributed by atoms with Crippen molar-refractivity contribution in [3.63, 3.8) is 0 Å². The van der Waals surface area contributed by atoms with E-state index >= 15 is 0 Å². The fourth-order valence-corrected chi connectivity index (χ4v) is 3.87. The van der Waals surface area contributed by atoms with Gasteiger partial charge in [-0.25, -0.2) is 0 Å². The van der Waals surface area contributed by atoms with Crippen LogP contribution in [0.4, 0.5) is 0 Å². The molecule has 1 aliphatic rings. The van der Waals surface area contributed by atoms with Crippen molar-refractivity contribution < 1.29 is 14.4 Å². The van der Waals surface area contributed by atoms with E-state index in [1.54, 1.807) is 12.1 Å². The van der Waals surface area contributed by atoms with Crippen LogP contribution in [-0.2, 0) is 6.42 Å². The number of fused-ring (bicyclic) bond motifs is 1. The molecule has 162 valence electrons. The number of nitriles is 1. The van der Waals surface area contributed by atoms with E-state index in [2.05, 4.69) is 27.6 Å². The molecule has 31 heavy (non-hydrogen) atoms. The molecular weight excluding hydrogens is 460 g/mol. The topological polar surface area (TPSA) is 104 Å². The van der Waals surface area contributed by atoms with Gasteiger partial charge in [-0.05, 0) is 56.0 Å². The van der Waals surface area contributed by atoms with Gasteiger partial charge in [0.1, 0.15) is 11.8 Å². The Labute approximate surface area is 191 Å². The number of nitrogens with one attached hydrogen (secondary N) is 1. The molecule has 4 rings (SSSR count). The Morgan fingerprint density at radius 1 is 1.32 bits per heavy atom. The third-order valence-electron chi connectivity index (χ3n) is 5.15. The number of benzene rings is 2. The van der Waals surface area contributed by atoms with Crippen molar-refractivity contribution >= 4 is 17.0 Å². The molecule has 1 aromatic heterocycles. The Morgan fingerprint density at radius 3 is 2.90 bits per heavy atom. The summed E-state index contributed by atoms with van der Waals surface area (Å²) >= 11 is 0. The molecule has 0 saturated carbocycles. The lowest BCUT2D eigenvalue weighted by Crippen LogP contribution is -2.22. The Kier molecular flexibility index (Phi) is 7.44. The van der Waals surface area contributed by atoms with Crippen molar-refractivity contribution in [2.45, 2.75) is 38.8 Å². The van der Waals surface area contributed by atoms with Gasteiger partial charge in [0, 0.05) is 23.7 Å². The summed E-state index contributed by atoms with van der Waals surface area (Å²) in [5.41, 5.74) is 4.49. The molecule has 7 nitrogen and oxygen atoms in total. The number of hydrogen-bond acceptors (Lipinski definition) is 7. The first-order chi connectivity index (χ1) is 14.6. The molecular formula is C23H25BrN4O3. The van der Waals surface area contributed by atoms with E-state index in [1.807, 2.05) is 32.0 Å². The smallest absolute Gasteiger partial charge is 0.258 e. The monoisotopic (exact) mass is 484 g/mol. The van der Waals surface area contributed by atoms with Gasteiger partial charge in [-0.3, -0.25) is 0 Å². The van der Waals surface area contributed by atoms with Gasteiger partial charge in [-0.1, -0.05) is 23.4 Å². The third kappa shape index (κ3) is 4.79. The highest BCUT2D eigenvalue weighted by Crippen LogP contribution is 2.37. The lowest BCUT2D eigenvalue weighted by Gasteiger charge is -2.13. The van der Waals surface area contributed by atoms with E-state index in [0.29, 0.717) is 35.1 Å². The molecule has 1 atom stereocenters. The number of aliphatic hydroxyl groups is 1. The molecule has 0 unspecified atom stereocenters. The van der Waals surface area contributed by atoms with Gasteiger partial charge in [0.15, 0.2) is 0 Å². The second-order valence-corrected chi connectivity index (χ2v) is 7.55. The van der Waals surface area contributed by atoms with E-state index in [0.717, 1.165) is 18.4 Å². The quantitative estimate of drug-likeness (QED) is 0.517. The van der Waals surface area contributed by atoms with Crippen LogP contribution in [0.2, 0.25) is 0 Å². The van der Waals surface area contributed by atoms with Crippen LogP contribution in [0, 0.1) is 11.3 Å². The van der Waals surface area contributed by atoms with Crippen LogP contribution in [0.15, 0.2) is 40.9 Å². The number of halogens is 1. The number of ether oxygens (including phenoxy) is 1. The van der Waals surface area contributed by atoms with E-state index in [4.69, 9.17) is 14.4 Å². The summed E-state index contributed by atoms with van der Waals surface area (Å²) in [6.45, 7) is 4.52. The molecule has 2 N–H and O–H groups in total. The molecule has 3 aromatic rings. The summed E-state index contributed by atoms with van der Waals surface area (Å²) in [7, 11) is 0. The number of aromatic nitrogens is 2. The predicted molar refractivity (Wildman–Crippen MR) is 122 cm³/mol. The van der Waals surface area contributed by atoms with E-state index in [1.165, 1.54) is 11.1 Å². The summed E-state index contributed by atoms with van der Waals surface area (Å²) < 4.78 is 11.2. The largest absolute Gasteiger partial charge is 0.490 e. The van der Waals surface area contributed by atoms with Gasteiger partial charge in [0.05, 0.1) is 18.3 Å². The lowest BCUT2D eigenvalue weighted by atomic mass is 10.0. The maximum absolute atomic E-state index is 9.46. The minimum Gasteiger partial charge on any atom is -0.490 e. The molecule has 0 bridgehead atoms. The Morgan fingerprint density at radius 2 is 2.16 bits per heavy atom. The second kappa shape index (κ2) is 10.1. The fraction of sp³-hybridized carbons (Fsp3) is 0.348. The highest BCUT2D eigenvalue weighted by molar-refractivity contribution is 8.93. The zero-order chi connectivity index (χ0) is 21.1. The van der Waals surface area contributed by atoms with Gasteiger partial charge < -0.3 is 19.7 Å². The molecule has 0 aliphatic heterocycles. The summed E-state index contributed by atoms with van der Waals surface area (Å²) in [6, 6.07) is 13.8. The first kappa shape index (κ1) is 22.9. The predicted octanol–water partition coefficient (Wildman–Crippen LogP) is 4.21. The normalized spacial score (nSPS) is 14.7. The third-order valence-corrected chi connectivity index (χ3v) is 5.15. The molecule has 0 amide bonds. The van der Waals surface area contributed by atoms with Gasteiger partial charge in [0.25, 0.3) is 5.89 Å². The highest BCUT2D eigenvalue weighted by atomic mass is 79.9. The molecule has 0 radical (unpaired) electrons. The summed E-state index contributed by atoms with van der Waals surface area (Å²) in [4.78, 5) is 4.59. The summed E-state index contributed by atoms with van der Waals surface area (Å²) in [5, 5.41) is 26.1. The van der Waals surface area contributed by atoms with Crippen LogP contribution in [-0.4, -0.2) is 34.5 Å². The van der Waals surface area contributed by atoms with E-state index in [9.17, 15) is 5.26 Å². The minimum atomic E-state index is -0.0196. The van der Waals surface area contributed by atoms with Crippen LogP contribution < -0.4 is 10.1 Å². The first-order valence-corrected chi connectivity index (χ1v) is 10.1. The number of nitrogens with zero attached hydrogens (tertiary/aromatic N) is 3. The minimum absolute atomic E-state index is 0. The van der Waals surface area contributed by atoms with Crippen LogP contribution in [0.5, 0.6) is 5.75 Å². The maximum Gasteiger partial charge on any atom is 0.258 e. The van der Waals surface area contributed by atoms with Crippen molar-refractivity contribution in [2.24, 2.45) is 0 Å². The maximum atomic E-state index is 9.46. The van der Waals surface area contributed by atoms with Gasteiger partial charge in [0.2, 0.25) is 5.82 Å². The summed E-state index contributed by atoms with van der Waals surface area (Å²) in [6.07, 6.45) is 1.87. The molecule has 8 heteroatoms. The van der Waals surface area contributed by atoms with Crippen LogP contribution in [0.25, 0.3) is 22.8 Å². The molecule has 1 aliphatic carbocycles. The Bertz CT molecular complexity index is 1090. The van der Waals surface area contributed by atoms with Gasteiger partial charge >= 0.3 is 0 Å². The average Bonchev–Trinajstić information content (AvgIpc) is 3.39. The zero-order valence-electron chi connectivity index (χ0n) is 17.5. The van der Waals surface area contributed by atoms with E-state index < -0.39 is 0 Å². The van der Waals surface area contributed by atoms with Crippen LogP contribution >= 0.6 is 17.0 Å². The molecule has 0 saturated heterocycles. The molecule has 0 fully saturated rings. The van der Waals surface area contributed by atoms with Crippen molar-refractivity contribution in [1.82, 2.24) is 15.5 Å². The zero-order valence-corrected chi connectivity index (χ0v) is 19.2. The number of hydrogen-bond donors (Lipinski definition) is 2. The fourth-order valence-electron chi connectivity index (χ4n) is 3.87. The van der Waals surface area contributed by atoms with Crippen LogP contribution in [0.3, 0.4) is 0 Å². The van der Waals surface area contributed by atoms with Gasteiger partial charge in [-0.15, -0.1) is 17.0 Å². The van der Waals surface area contributed by atoms with Gasteiger partial charge in [-0.2, -0.15) is 10.2 Å². The number of aliphatic hydroxyl groups excluding tert-OH is 1. The Balaban J connectivity index is 0.00000272. The average molecular weight is 485 g/mol. The van der Waals surface area contributed by atoms with Crippen molar-refractivity contribution in [2.75, 3.05) is 13.2 Å². The standard InChI is InChI=1S/C23H24N4O3.BrH/c1-14(2)29-21-9-6-15(12-16(21)13-24)23-26-22(27-30-23)19-5-3-4-18-17(19)7-8-20(18)25-10-11-28;/h3-6,9,12,14,20,25,28H,7-8,10-11H2,1-2H3;1H/t20-;/m0./s1. The van der Waals surface area contributed by atoms with Crippen molar-refractivity contribution in [3.8, 4) is 34.7 Å².